The highest BCUT2D eigenvalue weighted by molar-refractivity contribution is 5.74. The number of rotatable bonds is 5. The molecule has 3 N–H and O–H groups in total. The molecule has 0 aliphatic rings. The molecule has 100 valence electrons. The molecule has 5 heteroatoms. The number of aryl methyl sites for hydroxylation is 1. The highest BCUT2D eigenvalue weighted by Gasteiger charge is 2.06. The van der Waals surface area contributed by atoms with Crippen LogP contribution in [0.2, 0.25) is 0 Å². The van der Waals surface area contributed by atoms with Crippen molar-refractivity contribution in [2.24, 2.45) is 0 Å². The Kier molecular flexibility index (Phi) is 5.45. The van der Waals surface area contributed by atoms with Crippen LogP contribution in [-0.2, 0) is 6.54 Å². The van der Waals surface area contributed by atoms with Crippen LogP contribution in [0.3, 0.4) is 0 Å². The van der Waals surface area contributed by atoms with E-state index in [0.29, 0.717) is 6.54 Å². The van der Waals surface area contributed by atoms with Gasteiger partial charge in [0, 0.05) is 6.54 Å². The van der Waals surface area contributed by atoms with E-state index in [9.17, 15) is 4.79 Å². The maximum absolute atomic E-state index is 11.4. The van der Waals surface area contributed by atoms with Crippen molar-refractivity contribution in [2.45, 2.75) is 26.4 Å². The van der Waals surface area contributed by atoms with Crippen molar-refractivity contribution in [2.75, 3.05) is 13.7 Å². The number of hydrogen-bond donors (Lipinski definition) is 3. The molecule has 1 aromatic carbocycles. The quantitative estimate of drug-likeness (QED) is 0.737. The lowest BCUT2D eigenvalue weighted by Gasteiger charge is -2.12. The number of amides is 2. The monoisotopic (exact) mass is 252 g/mol. The summed E-state index contributed by atoms with van der Waals surface area (Å²) in [6, 6.07) is 5.21. The molecule has 0 spiro atoms. The molecule has 1 atom stereocenters. The number of aliphatic hydroxyl groups is 1. The predicted molar refractivity (Wildman–Crippen MR) is 69.7 cm³/mol. The summed E-state index contributed by atoms with van der Waals surface area (Å²) in [5, 5.41) is 14.1. The van der Waals surface area contributed by atoms with E-state index < -0.39 is 0 Å². The van der Waals surface area contributed by atoms with E-state index in [2.05, 4.69) is 10.6 Å². The molecule has 0 saturated heterocycles. The first kappa shape index (κ1) is 14.3. The molecule has 0 aliphatic heterocycles. The second-order valence-corrected chi connectivity index (χ2v) is 4.21. The van der Waals surface area contributed by atoms with E-state index in [4.69, 9.17) is 9.84 Å². The molecule has 0 aromatic heterocycles. The molecule has 0 saturated carbocycles. The molecule has 0 bridgehead atoms. The van der Waals surface area contributed by atoms with E-state index >= 15 is 0 Å². The summed E-state index contributed by atoms with van der Waals surface area (Å²) >= 11 is 0. The van der Waals surface area contributed by atoms with Gasteiger partial charge in [0.15, 0.2) is 0 Å². The topological polar surface area (TPSA) is 70.6 Å². The summed E-state index contributed by atoms with van der Waals surface area (Å²) in [7, 11) is 1.63. The first-order valence-corrected chi connectivity index (χ1v) is 5.85. The summed E-state index contributed by atoms with van der Waals surface area (Å²) in [6.45, 7) is 4.05. The Morgan fingerprint density at radius 2 is 2.22 bits per heavy atom. The standard InChI is InChI=1S/C13H20N2O3/c1-9-6-11(4-5-12(9)18-3)7-14-13(17)15-10(2)8-16/h4-6,10,16H,7-8H2,1-3H3,(H2,14,15,17)/t10-/m0/s1. The zero-order valence-corrected chi connectivity index (χ0v) is 11.0. The molecule has 1 aromatic rings. The lowest BCUT2D eigenvalue weighted by molar-refractivity contribution is 0.220. The van der Waals surface area contributed by atoms with Crippen LogP contribution in [0.1, 0.15) is 18.1 Å². The number of ether oxygens (including phenoxy) is 1. The van der Waals surface area contributed by atoms with Gasteiger partial charge in [-0.15, -0.1) is 0 Å². The Hall–Kier alpha value is -1.75. The number of nitrogens with one attached hydrogen (secondary N) is 2. The van der Waals surface area contributed by atoms with Crippen molar-refractivity contribution in [3.8, 4) is 5.75 Å². The summed E-state index contributed by atoms with van der Waals surface area (Å²) in [5.74, 6) is 0.831. The molecule has 0 unspecified atom stereocenters. The average molecular weight is 252 g/mol. The number of benzene rings is 1. The average Bonchev–Trinajstić information content (AvgIpc) is 2.36. The third-order valence-electron chi connectivity index (χ3n) is 2.56. The van der Waals surface area contributed by atoms with Gasteiger partial charge in [0.05, 0.1) is 19.8 Å². The number of aliphatic hydroxyl groups excluding tert-OH is 1. The van der Waals surface area contributed by atoms with Crippen LogP contribution in [0.5, 0.6) is 5.75 Å². The van der Waals surface area contributed by atoms with Gasteiger partial charge in [0.1, 0.15) is 5.75 Å². The van der Waals surface area contributed by atoms with Gasteiger partial charge in [-0.05, 0) is 31.0 Å². The highest BCUT2D eigenvalue weighted by atomic mass is 16.5. The number of carbonyl (C=O) groups excluding carboxylic acids is 1. The summed E-state index contributed by atoms with van der Waals surface area (Å²) in [6.07, 6.45) is 0. The fourth-order valence-corrected chi connectivity index (χ4v) is 1.55. The van der Waals surface area contributed by atoms with E-state index in [1.54, 1.807) is 14.0 Å². The van der Waals surface area contributed by atoms with Gasteiger partial charge in [0.2, 0.25) is 0 Å². The third-order valence-corrected chi connectivity index (χ3v) is 2.56. The van der Waals surface area contributed by atoms with Crippen molar-refractivity contribution in [3.05, 3.63) is 29.3 Å². The molecular formula is C13H20N2O3. The van der Waals surface area contributed by atoms with Crippen molar-refractivity contribution < 1.29 is 14.6 Å². The molecule has 0 fully saturated rings. The summed E-state index contributed by atoms with van der Waals surface area (Å²) in [4.78, 5) is 11.4. The normalized spacial score (nSPS) is 11.8. The summed E-state index contributed by atoms with van der Waals surface area (Å²) in [5.41, 5.74) is 2.03. The van der Waals surface area contributed by atoms with Crippen molar-refractivity contribution in [1.82, 2.24) is 10.6 Å². The van der Waals surface area contributed by atoms with Crippen LogP contribution in [-0.4, -0.2) is 30.9 Å². The first-order valence-electron chi connectivity index (χ1n) is 5.85. The Morgan fingerprint density at radius 3 is 2.78 bits per heavy atom. The third kappa shape index (κ3) is 4.25. The lowest BCUT2D eigenvalue weighted by Crippen LogP contribution is -2.41. The van der Waals surface area contributed by atoms with E-state index in [0.717, 1.165) is 16.9 Å². The minimum absolute atomic E-state index is 0.0743. The molecule has 2 amide bonds. The van der Waals surface area contributed by atoms with Crippen LogP contribution in [0.25, 0.3) is 0 Å². The Labute approximate surface area is 107 Å². The zero-order valence-electron chi connectivity index (χ0n) is 11.0. The smallest absolute Gasteiger partial charge is 0.315 e. The summed E-state index contributed by atoms with van der Waals surface area (Å²) < 4.78 is 5.17. The van der Waals surface area contributed by atoms with Crippen LogP contribution in [0.15, 0.2) is 18.2 Å². The number of hydrogen-bond acceptors (Lipinski definition) is 3. The van der Waals surface area contributed by atoms with Crippen molar-refractivity contribution in [3.63, 3.8) is 0 Å². The largest absolute Gasteiger partial charge is 0.496 e. The molecule has 0 radical (unpaired) electrons. The van der Waals surface area contributed by atoms with Crippen LogP contribution >= 0.6 is 0 Å². The van der Waals surface area contributed by atoms with Gasteiger partial charge in [-0.1, -0.05) is 12.1 Å². The van der Waals surface area contributed by atoms with Crippen LogP contribution in [0, 0.1) is 6.92 Å². The van der Waals surface area contributed by atoms with Gasteiger partial charge in [-0.25, -0.2) is 4.79 Å². The number of methoxy groups -OCH3 is 1. The van der Waals surface area contributed by atoms with Gasteiger partial charge >= 0.3 is 6.03 Å². The van der Waals surface area contributed by atoms with Gasteiger partial charge in [-0.3, -0.25) is 0 Å². The maximum atomic E-state index is 11.4. The SMILES string of the molecule is COc1ccc(CNC(=O)N[C@@H](C)CO)cc1C. The molecule has 1 rings (SSSR count). The number of urea groups is 1. The fourth-order valence-electron chi connectivity index (χ4n) is 1.55. The Balaban J connectivity index is 2.48. The Bertz CT molecular complexity index is 407. The molecule has 18 heavy (non-hydrogen) atoms. The van der Waals surface area contributed by atoms with Crippen LogP contribution in [0.4, 0.5) is 4.79 Å². The fraction of sp³-hybridized carbons (Fsp3) is 0.462. The van der Waals surface area contributed by atoms with E-state index in [1.165, 1.54) is 0 Å². The molecule has 0 heterocycles. The highest BCUT2D eigenvalue weighted by Crippen LogP contribution is 2.18. The van der Waals surface area contributed by atoms with E-state index in [-0.39, 0.29) is 18.7 Å². The maximum Gasteiger partial charge on any atom is 0.315 e. The van der Waals surface area contributed by atoms with Gasteiger partial charge in [0.25, 0.3) is 0 Å². The van der Waals surface area contributed by atoms with Gasteiger partial charge in [-0.2, -0.15) is 0 Å². The van der Waals surface area contributed by atoms with E-state index in [1.807, 2.05) is 25.1 Å². The van der Waals surface area contributed by atoms with Crippen molar-refractivity contribution in [1.29, 1.82) is 0 Å². The first-order chi connectivity index (χ1) is 8.56. The zero-order chi connectivity index (χ0) is 13.5. The molecule has 5 nitrogen and oxygen atoms in total. The Morgan fingerprint density at radius 1 is 1.50 bits per heavy atom. The second kappa shape index (κ2) is 6.86. The second-order valence-electron chi connectivity index (χ2n) is 4.21. The van der Waals surface area contributed by atoms with Gasteiger partial charge < -0.3 is 20.5 Å². The van der Waals surface area contributed by atoms with Crippen molar-refractivity contribution >= 4 is 6.03 Å². The minimum Gasteiger partial charge on any atom is -0.496 e. The predicted octanol–water partition coefficient (Wildman–Crippen LogP) is 1.18. The number of carbonyl (C=O) groups is 1. The minimum atomic E-state index is -0.287. The molecule has 0 aliphatic carbocycles. The lowest BCUT2D eigenvalue weighted by atomic mass is 10.1. The van der Waals surface area contributed by atoms with Crippen LogP contribution < -0.4 is 15.4 Å². The molecular weight excluding hydrogens is 232 g/mol.